The van der Waals surface area contributed by atoms with E-state index in [2.05, 4.69) is 0 Å². The summed E-state index contributed by atoms with van der Waals surface area (Å²) in [5.74, 6) is -0.176. The SMILES string of the molecule is COc1ccc(CSCC(=O)N2CCC(C(=O)O)(C(C)C)C2)cc1[N+](=O)[O-]. The maximum atomic E-state index is 12.4. The number of nitro benzene ring substituents is 1. The number of carboxylic acids is 1. The van der Waals surface area contributed by atoms with Gasteiger partial charge in [0.1, 0.15) is 0 Å². The van der Waals surface area contributed by atoms with Crippen LogP contribution in [0.15, 0.2) is 18.2 Å². The van der Waals surface area contributed by atoms with Gasteiger partial charge < -0.3 is 14.7 Å². The second-order valence-electron chi connectivity index (χ2n) is 6.94. The molecule has 9 heteroatoms. The summed E-state index contributed by atoms with van der Waals surface area (Å²) in [7, 11) is 1.37. The molecule has 0 aliphatic carbocycles. The summed E-state index contributed by atoms with van der Waals surface area (Å²) in [5.41, 5.74) is -0.259. The zero-order chi connectivity index (χ0) is 20.2. The zero-order valence-electron chi connectivity index (χ0n) is 15.6. The lowest BCUT2D eigenvalue weighted by molar-refractivity contribution is -0.385. The molecule has 0 radical (unpaired) electrons. The van der Waals surface area contributed by atoms with E-state index in [1.54, 1.807) is 17.0 Å². The molecule has 8 nitrogen and oxygen atoms in total. The van der Waals surface area contributed by atoms with Gasteiger partial charge in [0.2, 0.25) is 5.91 Å². The van der Waals surface area contributed by atoms with Gasteiger partial charge in [-0.05, 0) is 24.0 Å². The van der Waals surface area contributed by atoms with Crippen LogP contribution in [0.4, 0.5) is 5.69 Å². The van der Waals surface area contributed by atoms with Crippen LogP contribution in [0, 0.1) is 21.4 Å². The number of benzene rings is 1. The molecule has 1 amide bonds. The van der Waals surface area contributed by atoms with E-state index in [9.17, 15) is 24.8 Å². The first-order valence-electron chi connectivity index (χ1n) is 8.61. The lowest BCUT2D eigenvalue weighted by atomic mass is 9.76. The van der Waals surface area contributed by atoms with Crippen LogP contribution in [0.5, 0.6) is 5.75 Å². The van der Waals surface area contributed by atoms with Gasteiger partial charge in [-0.2, -0.15) is 0 Å². The van der Waals surface area contributed by atoms with E-state index < -0.39 is 16.3 Å². The lowest BCUT2D eigenvalue weighted by Gasteiger charge is -2.28. The zero-order valence-corrected chi connectivity index (χ0v) is 16.5. The van der Waals surface area contributed by atoms with Crippen molar-refractivity contribution in [3.05, 3.63) is 33.9 Å². The number of carbonyl (C=O) groups excluding carboxylic acids is 1. The average Bonchev–Trinajstić information content (AvgIpc) is 3.08. The van der Waals surface area contributed by atoms with Crippen molar-refractivity contribution in [2.45, 2.75) is 26.0 Å². The number of amides is 1. The number of carboxylic acid groups (broad SMARTS) is 1. The third kappa shape index (κ3) is 4.52. The largest absolute Gasteiger partial charge is 0.490 e. The normalized spacial score (nSPS) is 19.3. The molecular formula is C18H24N2O6S. The summed E-state index contributed by atoms with van der Waals surface area (Å²) >= 11 is 1.35. The Labute approximate surface area is 162 Å². The fraction of sp³-hybridized carbons (Fsp3) is 0.556. The van der Waals surface area contributed by atoms with Crippen molar-refractivity contribution in [2.75, 3.05) is 26.0 Å². The highest BCUT2D eigenvalue weighted by Gasteiger charge is 2.48. The van der Waals surface area contributed by atoms with Crippen molar-refractivity contribution in [2.24, 2.45) is 11.3 Å². The minimum Gasteiger partial charge on any atom is -0.490 e. The number of hydrogen-bond donors (Lipinski definition) is 1. The molecule has 1 aromatic rings. The van der Waals surface area contributed by atoms with Crippen LogP contribution in [0.1, 0.15) is 25.8 Å². The molecule has 0 saturated carbocycles. The third-order valence-corrected chi connectivity index (χ3v) is 6.11. The third-order valence-electron chi connectivity index (χ3n) is 5.12. The molecule has 2 rings (SSSR count). The van der Waals surface area contributed by atoms with Crippen molar-refractivity contribution in [3.63, 3.8) is 0 Å². The fourth-order valence-electron chi connectivity index (χ4n) is 3.25. The molecule has 0 aromatic heterocycles. The molecule has 1 unspecified atom stereocenters. The molecule has 0 spiro atoms. The number of methoxy groups -OCH3 is 1. The summed E-state index contributed by atoms with van der Waals surface area (Å²) in [4.78, 5) is 36.3. The maximum Gasteiger partial charge on any atom is 0.311 e. The summed E-state index contributed by atoms with van der Waals surface area (Å²) in [6.45, 7) is 4.41. The molecule has 1 heterocycles. The monoisotopic (exact) mass is 396 g/mol. The quantitative estimate of drug-likeness (QED) is 0.531. The van der Waals surface area contributed by atoms with Crippen LogP contribution in [0.25, 0.3) is 0 Å². The first-order chi connectivity index (χ1) is 12.7. The van der Waals surface area contributed by atoms with Crippen molar-refractivity contribution in [3.8, 4) is 5.75 Å². The van der Waals surface area contributed by atoms with Gasteiger partial charge in [0.05, 0.1) is 23.2 Å². The van der Waals surface area contributed by atoms with Gasteiger partial charge in [0.15, 0.2) is 5.75 Å². The van der Waals surface area contributed by atoms with Gasteiger partial charge in [-0.1, -0.05) is 19.9 Å². The number of aliphatic carboxylic acids is 1. The molecule has 1 aliphatic rings. The summed E-state index contributed by atoms with van der Waals surface area (Å²) in [6, 6.07) is 4.72. The van der Waals surface area contributed by atoms with Crippen molar-refractivity contribution in [1.29, 1.82) is 0 Å². The highest BCUT2D eigenvalue weighted by Crippen LogP contribution is 2.38. The minimum absolute atomic E-state index is 0.0553. The van der Waals surface area contributed by atoms with E-state index in [-0.39, 0.29) is 35.6 Å². The second-order valence-corrected chi connectivity index (χ2v) is 7.92. The standard InChI is InChI=1S/C18H24N2O6S/c1-12(2)18(17(22)23)6-7-19(11-18)16(21)10-27-9-13-4-5-15(26-3)14(8-13)20(24)25/h4-5,8,12H,6-7,9-11H2,1-3H3,(H,22,23). The van der Waals surface area contributed by atoms with E-state index in [1.807, 2.05) is 13.8 Å². The Hall–Kier alpha value is -2.29. The van der Waals surface area contributed by atoms with Crippen LogP contribution >= 0.6 is 11.8 Å². The molecule has 148 valence electrons. The number of ether oxygens (including phenoxy) is 1. The van der Waals surface area contributed by atoms with Gasteiger partial charge in [-0.15, -0.1) is 11.8 Å². The van der Waals surface area contributed by atoms with Crippen LogP contribution < -0.4 is 4.74 Å². The smallest absolute Gasteiger partial charge is 0.311 e. The van der Waals surface area contributed by atoms with E-state index in [0.717, 1.165) is 5.56 Å². The van der Waals surface area contributed by atoms with Crippen molar-refractivity contribution >= 4 is 29.3 Å². The Kier molecular flexibility index (Phi) is 6.69. The van der Waals surface area contributed by atoms with E-state index in [0.29, 0.717) is 18.7 Å². The second kappa shape index (κ2) is 8.60. The number of likely N-dealkylation sites (tertiary alicyclic amines) is 1. The molecular weight excluding hydrogens is 372 g/mol. The Morgan fingerprint density at radius 2 is 2.15 bits per heavy atom. The predicted molar refractivity (Wildman–Crippen MR) is 102 cm³/mol. The maximum absolute atomic E-state index is 12.4. The van der Waals surface area contributed by atoms with Crippen LogP contribution in [-0.2, 0) is 15.3 Å². The molecule has 1 aliphatic heterocycles. The molecule has 1 saturated heterocycles. The number of rotatable bonds is 8. The lowest BCUT2D eigenvalue weighted by Crippen LogP contribution is -2.41. The number of nitrogens with zero attached hydrogens (tertiary/aromatic N) is 2. The van der Waals surface area contributed by atoms with Gasteiger partial charge in [0.25, 0.3) is 0 Å². The molecule has 1 fully saturated rings. The van der Waals surface area contributed by atoms with E-state index >= 15 is 0 Å². The number of thioether (sulfide) groups is 1. The van der Waals surface area contributed by atoms with Gasteiger partial charge in [0, 0.05) is 24.9 Å². The van der Waals surface area contributed by atoms with Crippen molar-refractivity contribution < 1.29 is 24.4 Å². The fourth-order valence-corrected chi connectivity index (χ4v) is 4.13. The minimum atomic E-state index is -0.878. The summed E-state index contributed by atoms with van der Waals surface area (Å²) in [5, 5.41) is 20.6. The van der Waals surface area contributed by atoms with E-state index in [4.69, 9.17) is 4.74 Å². The Morgan fingerprint density at radius 3 is 2.67 bits per heavy atom. The van der Waals surface area contributed by atoms with Gasteiger partial charge >= 0.3 is 11.7 Å². The Morgan fingerprint density at radius 1 is 1.44 bits per heavy atom. The first-order valence-corrected chi connectivity index (χ1v) is 9.77. The number of hydrogen-bond acceptors (Lipinski definition) is 6. The molecule has 27 heavy (non-hydrogen) atoms. The van der Waals surface area contributed by atoms with Gasteiger partial charge in [-0.25, -0.2) is 0 Å². The number of nitro groups is 1. The van der Waals surface area contributed by atoms with Crippen LogP contribution in [0.2, 0.25) is 0 Å². The van der Waals surface area contributed by atoms with Crippen molar-refractivity contribution in [1.82, 2.24) is 4.90 Å². The molecule has 1 atom stereocenters. The predicted octanol–water partition coefficient (Wildman–Crippen LogP) is 2.80. The molecule has 1 N–H and O–H groups in total. The topological polar surface area (TPSA) is 110 Å². The number of carbonyl (C=O) groups is 2. The van der Waals surface area contributed by atoms with Crippen LogP contribution in [0.3, 0.4) is 0 Å². The highest BCUT2D eigenvalue weighted by atomic mass is 32.2. The van der Waals surface area contributed by atoms with Gasteiger partial charge in [-0.3, -0.25) is 19.7 Å². The van der Waals surface area contributed by atoms with Crippen LogP contribution in [-0.4, -0.2) is 52.8 Å². The molecule has 1 aromatic carbocycles. The summed E-state index contributed by atoms with van der Waals surface area (Å²) in [6.07, 6.45) is 0.459. The Balaban J connectivity index is 1.93. The first kappa shape index (κ1) is 21.0. The summed E-state index contributed by atoms with van der Waals surface area (Å²) < 4.78 is 4.97. The Bertz CT molecular complexity index is 739. The van der Waals surface area contributed by atoms with E-state index in [1.165, 1.54) is 24.9 Å². The molecule has 0 bridgehead atoms. The highest BCUT2D eigenvalue weighted by molar-refractivity contribution is 7.99. The average molecular weight is 396 g/mol.